The summed E-state index contributed by atoms with van der Waals surface area (Å²) in [6, 6.07) is 19.5. The van der Waals surface area contributed by atoms with Crippen molar-refractivity contribution in [3.05, 3.63) is 87.9 Å². The van der Waals surface area contributed by atoms with Gasteiger partial charge in [-0.1, -0.05) is 64.5 Å². The monoisotopic (exact) mass is 538 g/mol. The fourth-order valence-electron chi connectivity index (χ4n) is 4.13. The molecule has 0 radical (unpaired) electrons. The van der Waals surface area contributed by atoms with Gasteiger partial charge in [0.05, 0.1) is 6.61 Å². The number of halogens is 1. The maximum Gasteiger partial charge on any atom is 0.411 e. The number of carboxylic acid groups (broad SMARTS) is 1. The molecule has 1 aliphatic rings. The van der Waals surface area contributed by atoms with Crippen LogP contribution in [-0.4, -0.2) is 49.4 Å². The van der Waals surface area contributed by atoms with Gasteiger partial charge in [-0.05, 0) is 40.5 Å². The number of carbonyl (C=O) groups is 3. The molecule has 4 rings (SSSR count). The van der Waals surface area contributed by atoms with Crippen molar-refractivity contribution in [1.29, 1.82) is 0 Å². The van der Waals surface area contributed by atoms with Crippen LogP contribution in [0.4, 0.5) is 10.5 Å². The van der Waals surface area contributed by atoms with Crippen LogP contribution in [0.15, 0.2) is 71.2 Å². The Morgan fingerprint density at radius 3 is 2.23 bits per heavy atom. The minimum atomic E-state index is -1.22. The molecule has 8 nitrogen and oxygen atoms in total. The summed E-state index contributed by atoms with van der Waals surface area (Å²) in [5, 5.41) is 14.3. The van der Waals surface area contributed by atoms with Crippen molar-refractivity contribution in [3.8, 4) is 11.1 Å². The average Bonchev–Trinajstić information content (AvgIpc) is 3.15. The molecule has 0 aliphatic heterocycles. The summed E-state index contributed by atoms with van der Waals surface area (Å²) >= 11 is 3.31. The minimum absolute atomic E-state index is 0.0780. The van der Waals surface area contributed by atoms with Crippen LogP contribution in [0.1, 0.15) is 27.4 Å². The van der Waals surface area contributed by atoms with Crippen LogP contribution in [0.2, 0.25) is 0 Å². The highest BCUT2D eigenvalue weighted by atomic mass is 79.9. The number of aliphatic carboxylic acids is 1. The second-order valence-corrected chi connectivity index (χ2v) is 8.91. The minimum Gasteiger partial charge on any atom is -0.480 e. The summed E-state index contributed by atoms with van der Waals surface area (Å²) < 4.78 is 10.9. The molecule has 3 aromatic carbocycles. The normalized spacial score (nSPS) is 12.9. The van der Waals surface area contributed by atoms with E-state index < -0.39 is 24.0 Å². The molecule has 0 fully saturated rings. The van der Waals surface area contributed by atoms with E-state index in [1.165, 1.54) is 19.2 Å². The third kappa shape index (κ3) is 5.52. The van der Waals surface area contributed by atoms with Gasteiger partial charge in [-0.3, -0.25) is 10.1 Å². The first-order chi connectivity index (χ1) is 16.9. The topological polar surface area (TPSA) is 114 Å². The summed E-state index contributed by atoms with van der Waals surface area (Å²) in [6.07, 6.45) is -0.667. The van der Waals surface area contributed by atoms with E-state index in [0.717, 1.165) is 22.3 Å². The number of carboxylic acids is 1. The van der Waals surface area contributed by atoms with Crippen molar-refractivity contribution in [2.24, 2.45) is 0 Å². The van der Waals surface area contributed by atoms with E-state index in [0.29, 0.717) is 10.2 Å². The molecule has 0 spiro atoms. The summed E-state index contributed by atoms with van der Waals surface area (Å²) in [5.74, 6) is -1.91. The summed E-state index contributed by atoms with van der Waals surface area (Å²) in [7, 11) is 1.34. The van der Waals surface area contributed by atoms with E-state index in [9.17, 15) is 19.5 Å². The summed E-state index contributed by atoms with van der Waals surface area (Å²) in [5.41, 5.74) is 4.95. The molecule has 3 N–H and O–H groups in total. The van der Waals surface area contributed by atoms with Crippen LogP contribution in [0.25, 0.3) is 11.1 Å². The van der Waals surface area contributed by atoms with Crippen LogP contribution in [0.5, 0.6) is 0 Å². The van der Waals surface area contributed by atoms with Gasteiger partial charge < -0.3 is 19.9 Å². The lowest BCUT2D eigenvalue weighted by molar-refractivity contribution is -0.140. The van der Waals surface area contributed by atoms with Gasteiger partial charge >= 0.3 is 12.1 Å². The highest BCUT2D eigenvalue weighted by Crippen LogP contribution is 2.44. The van der Waals surface area contributed by atoms with Gasteiger partial charge in [0.1, 0.15) is 6.61 Å². The molecule has 0 bridgehead atoms. The molecule has 2 amide bonds. The predicted molar refractivity (Wildman–Crippen MR) is 134 cm³/mol. The fourth-order valence-corrected chi connectivity index (χ4v) is 4.62. The molecule has 9 heteroatoms. The van der Waals surface area contributed by atoms with Crippen molar-refractivity contribution in [1.82, 2.24) is 5.32 Å². The number of methoxy groups -OCH3 is 1. The molecular formula is C26H23BrN2O6. The standard InChI is InChI=1S/C26H23BrN2O6/c1-34-14-23(25(31)32)29-24(30)15-10-16(27)12-17(11-15)28-26(33)35-13-22-20-8-4-2-6-18(20)19-7-3-5-9-21(19)22/h2-12,22-23H,13-14H2,1H3,(H,28,33)(H,29,30)(H,31,32). The molecule has 35 heavy (non-hydrogen) atoms. The van der Waals surface area contributed by atoms with Crippen molar-refractivity contribution < 1.29 is 29.0 Å². The smallest absolute Gasteiger partial charge is 0.411 e. The fraction of sp³-hybridized carbons (Fsp3) is 0.192. The van der Waals surface area contributed by atoms with Gasteiger partial charge in [-0.25, -0.2) is 9.59 Å². The maximum absolute atomic E-state index is 12.6. The van der Waals surface area contributed by atoms with E-state index in [1.54, 1.807) is 6.07 Å². The highest BCUT2D eigenvalue weighted by Gasteiger charge is 2.29. The molecule has 180 valence electrons. The number of amides is 2. The lowest BCUT2D eigenvalue weighted by Crippen LogP contribution is -2.43. The first kappa shape index (κ1) is 24.4. The Balaban J connectivity index is 1.43. The van der Waals surface area contributed by atoms with E-state index >= 15 is 0 Å². The number of nitrogens with one attached hydrogen (secondary N) is 2. The largest absolute Gasteiger partial charge is 0.480 e. The molecule has 0 saturated heterocycles. The van der Waals surface area contributed by atoms with Crippen LogP contribution in [0.3, 0.4) is 0 Å². The molecule has 0 saturated carbocycles. The third-order valence-electron chi connectivity index (χ3n) is 5.69. The molecule has 0 heterocycles. The first-order valence-electron chi connectivity index (χ1n) is 10.8. The number of hydrogen-bond acceptors (Lipinski definition) is 5. The van der Waals surface area contributed by atoms with E-state index in [2.05, 4.69) is 38.7 Å². The number of anilines is 1. The Kier molecular flexibility index (Phi) is 7.48. The number of carbonyl (C=O) groups excluding carboxylic acids is 2. The first-order valence-corrected chi connectivity index (χ1v) is 11.6. The molecule has 1 atom stereocenters. The van der Waals surface area contributed by atoms with Gasteiger partial charge in [0.2, 0.25) is 0 Å². The lowest BCUT2D eigenvalue weighted by atomic mass is 9.98. The number of fused-ring (bicyclic) bond motifs is 3. The Labute approximate surface area is 210 Å². The van der Waals surface area contributed by atoms with E-state index in [4.69, 9.17) is 9.47 Å². The molecule has 0 aromatic heterocycles. The zero-order chi connectivity index (χ0) is 24.9. The lowest BCUT2D eigenvalue weighted by Gasteiger charge is -2.16. The van der Waals surface area contributed by atoms with Gasteiger partial charge in [-0.2, -0.15) is 0 Å². The average molecular weight is 539 g/mol. The molecule has 1 unspecified atom stereocenters. The van der Waals surface area contributed by atoms with Crippen LogP contribution in [-0.2, 0) is 14.3 Å². The summed E-state index contributed by atoms with van der Waals surface area (Å²) in [4.78, 5) is 36.5. The molecular weight excluding hydrogens is 516 g/mol. The van der Waals surface area contributed by atoms with Crippen LogP contribution < -0.4 is 10.6 Å². The molecule has 1 aliphatic carbocycles. The summed E-state index contributed by atoms with van der Waals surface area (Å²) in [6.45, 7) is -0.0293. The SMILES string of the molecule is COCC(NC(=O)c1cc(Br)cc(NC(=O)OCC2c3ccccc3-c3ccccc32)c1)C(=O)O. The third-order valence-corrected chi connectivity index (χ3v) is 6.14. The van der Waals surface area contributed by atoms with Crippen LogP contribution in [0, 0.1) is 0 Å². The van der Waals surface area contributed by atoms with E-state index in [-0.39, 0.29) is 24.7 Å². The van der Waals surface area contributed by atoms with Crippen molar-refractivity contribution in [2.75, 3.05) is 25.6 Å². The van der Waals surface area contributed by atoms with Crippen LogP contribution >= 0.6 is 15.9 Å². The maximum atomic E-state index is 12.6. The number of ether oxygens (including phenoxy) is 2. The van der Waals surface area contributed by atoms with Gasteiger partial charge in [0.15, 0.2) is 6.04 Å². The van der Waals surface area contributed by atoms with E-state index in [1.807, 2.05) is 36.4 Å². The van der Waals surface area contributed by atoms with Crippen molar-refractivity contribution >= 4 is 39.6 Å². The Hall–Kier alpha value is -3.69. The van der Waals surface area contributed by atoms with Crippen molar-refractivity contribution in [2.45, 2.75) is 12.0 Å². The Morgan fingerprint density at radius 1 is 1.00 bits per heavy atom. The van der Waals surface area contributed by atoms with Crippen molar-refractivity contribution in [3.63, 3.8) is 0 Å². The second kappa shape index (κ2) is 10.7. The zero-order valence-electron chi connectivity index (χ0n) is 18.8. The quantitative estimate of drug-likeness (QED) is 0.385. The Morgan fingerprint density at radius 2 is 1.63 bits per heavy atom. The number of hydrogen-bond donors (Lipinski definition) is 3. The molecule has 3 aromatic rings. The predicted octanol–water partition coefficient (Wildman–Crippen LogP) is 4.64. The Bertz CT molecular complexity index is 1230. The van der Waals surface area contributed by atoms with Gasteiger partial charge in [0, 0.05) is 28.8 Å². The number of benzene rings is 3. The highest BCUT2D eigenvalue weighted by molar-refractivity contribution is 9.10. The van der Waals surface area contributed by atoms with Gasteiger partial charge in [0.25, 0.3) is 5.91 Å². The second-order valence-electron chi connectivity index (χ2n) is 8.00. The zero-order valence-corrected chi connectivity index (χ0v) is 20.4. The van der Waals surface area contributed by atoms with Gasteiger partial charge in [-0.15, -0.1) is 0 Å². The number of rotatable bonds is 8.